The molecule has 0 bridgehead atoms. The third-order valence-corrected chi connectivity index (χ3v) is 7.03. The Morgan fingerprint density at radius 2 is 1.74 bits per heavy atom. The third kappa shape index (κ3) is 5.22. The summed E-state index contributed by atoms with van der Waals surface area (Å²) in [5.74, 6) is -1.19. The van der Waals surface area contributed by atoms with Gasteiger partial charge in [0, 0.05) is 15.8 Å². The second-order valence-corrected chi connectivity index (χ2v) is 9.81. The minimum absolute atomic E-state index is 0.150. The average molecular weight is 536 g/mol. The lowest BCUT2D eigenvalue weighted by atomic mass is 10.1. The van der Waals surface area contributed by atoms with Crippen LogP contribution in [0.1, 0.15) is 11.1 Å². The van der Waals surface area contributed by atoms with Crippen molar-refractivity contribution in [3.05, 3.63) is 105 Å². The number of aryl methyl sites for hydroxylation is 1. The van der Waals surface area contributed by atoms with Crippen LogP contribution in [0.5, 0.6) is 0 Å². The number of hydrogen-bond acceptors (Lipinski definition) is 4. The molecule has 0 spiro atoms. The summed E-state index contributed by atoms with van der Waals surface area (Å²) in [5, 5.41) is 12.4. The van der Waals surface area contributed by atoms with Crippen LogP contribution in [-0.2, 0) is 16.0 Å². The number of amides is 2. The molecule has 5 nitrogen and oxygen atoms in total. The number of halogens is 2. The Bertz CT molecular complexity index is 1300. The Kier molecular flexibility index (Phi) is 7.15. The molecule has 8 heteroatoms. The summed E-state index contributed by atoms with van der Waals surface area (Å²) in [7, 11) is 0. The van der Waals surface area contributed by atoms with E-state index in [0.717, 1.165) is 15.6 Å². The van der Waals surface area contributed by atoms with Gasteiger partial charge in [0.15, 0.2) is 0 Å². The van der Waals surface area contributed by atoms with E-state index in [2.05, 4.69) is 21.2 Å². The van der Waals surface area contributed by atoms with E-state index in [4.69, 9.17) is 0 Å². The highest BCUT2D eigenvalue weighted by molar-refractivity contribution is 9.10. The quantitative estimate of drug-likeness (QED) is 0.323. The van der Waals surface area contributed by atoms with Gasteiger partial charge in [0.25, 0.3) is 5.91 Å². The van der Waals surface area contributed by atoms with Gasteiger partial charge in [0.2, 0.25) is 5.91 Å². The summed E-state index contributed by atoms with van der Waals surface area (Å²) in [6.07, 6.45) is 0.336. The minimum atomic E-state index is -0.598. The fourth-order valence-electron chi connectivity index (χ4n) is 3.48. The van der Waals surface area contributed by atoms with Crippen molar-refractivity contribution in [2.24, 2.45) is 0 Å². The minimum Gasteiger partial charge on any atom is -0.321 e. The highest BCUT2D eigenvalue weighted by Gasteiger charge is 2.40. The van der Waals surface area contributed by atoms with E-state index in [1.54, 1.807) is 48.5 Å². The molecule has 1 aliphatic heterocycles. The van der Waals surface area contributed by atoms with Gasteiger partial charge in [-0.1, -0.05) is 57.5 Å². The molecule has 0 saturated carbocycles. The molecule has 0 unspecified atom stereocenters. The van der Waals surface area contributed by atoms with Gasteiger partial charge in [-0.3, -0.25) is 14.5 Å². The summed E-state index contributed by atoms with van der Waals surface area (Å²) in [5.41, 5.74) is 2.76. The molecule has 3 aromatic carbocycles. The molecule has 1 aliphatic rings. The molecule has 2 amide bonds. The molecule has 170 valence electrons. The molecule has 1 heterocycles. The van der Waals surface area contributed by atoms with Crippen LogP contribution in [0, 0.1) is 24.1 Å². The lowest BCUT2D eigenvalue weighted by Crippen LogP contribution is -2.30. The summed E-state index contributed by atoms with van der Waals surface area (Å²) in [4.78, 5) is 28.0. The number of nitrogens with zero attached hydrogens (tertiary/aromatic N) is 2. The van der Waals surface area contributed by atoms with Gasteiger partial charge in [0.1, 0.15) is 22.5 Å². The normalized spacial score (nSPS) is 16.8. The van der Waals surface area contributed by atoms with Gasteiger partial charge < -0.3 is 5.32 Å². The zero-order chi connectivity index (χ0) is 24.2. The maximum Gasteiger partial charge on any atom is 0.269 e. The van der Waals surface area contributed by atoms with E-state index >= 15 is 0 Å². The van der Waals surface area contributed by atoms with Crippen molar-refractivity contribution in [1.29, 1.82) is 5.26 Å². The second-order valence-electron chi connectivity index (χ2n) is 7.70. The van der Waals surface area contributed by atoms with Crippen LogP contribution in [0.15, 0.2) is 87.9 Å². The highest BCUT2D eigenvalue weighted by atomic mass is 79.9. The Morgan fingerprint density at radius 3 is 2.35 bits per heavy atom. The average Bonchev–Trinajstić information content (AvgIpc) is 3.13. The van der Waals surface area contributed by atoms with Crippen LogP contribution < -0.4 is 10.2 Å². The summed E-state index contributed by atoms with van der Waals surface area (Å²) >= 11 is 4.52. The molecule has 0 aliphatic carbocycles. The molecule has 4 rings (SSSR count). The van der Waals surface area contributed by atoms with Crippen LogP contribution in [0.25, 0.3) is 0 Å². The predicted molar refractivity (Wildman–Crippen MR) is 136 cm³/mol. The van der Waals surface area contributed by atoms with Crippen LogP contribution in [-0.4, -0.2) is 17.1 Å². The SMILES string of the molecule is Cc1ccc(N2C(=O)[C@@H](Cc3ccc(F)cc3)S/C2=C(/C#N)C(=O)Nc2ccc(Br)cc2)cc1. The van der Waals surface area contributed by atoms with Gasteiger partial charge in [0.05, 0.1) is 5.25 Å². The maximum atomic E-state index is 13.5. The number of nitrogens with one attached hydrogen (secondary N) is 1. The van der Waals surface area contributed by atoms with Crippen LogP contribution in [0.4, 0.5) is 15.8 Å². The first kappa shape index (κ1) is 23.7. The number of anilines is 2. The predicted octanol–water partition coefficient (Wildman–Crippen LogP) is 5.96. The van der Waals surface area contributed by atoms with E-state index in [9.17, 15) is 19.2 Å². The molecule has 3 aromatic rings. The topological polar surface area (TPSA) is 73.2 Å². The van der Waals surface area contributed by atoms with E-state index < -0.39 is 11.2 Å². The van der Waals surface area contributed by atoms with Crippen molar-refractivity contribution in [2.75, 3.05) is 10.2 Å². The first-order chi connectivity index (χ1) is 16.4. The molecule has 34 heavy (non-hydrogen) atoms. The second kappa shape index (κ2) is 10.2. The lowest BCUT2D eigenvalue weighted by Gasteiger charge is -2.19. The molecular weight excluding hydrogens is 517 g/mol. The molecule has 1 atom stereocenters. The molecule has 1 N–H and O–H groups in total. The standard InChI is InChI=1S/C26H19BrFN3O2S/c1-16-2-12-21(13-3-16)31-25(33)23(14-17-4-8-19(28)9-5-17)34-26(31)22(15-29)24(32)30-20-10-6-18(27)7-11-20/h2-13,23H,14H2,1H3,(H,30,32)/b26-22-/t23-/m1/s1. The Hall–Kier alpha value is -3.41. The van der Waals surface area contributed by atoms with Crippen LogP contribution in [0.3, 0.4) is 0 Å². The molecule has 0 radical (unpaired) electrons. The van der Waals surface area contributed by atoms with Gasteiger partial charge in [-0.25, -0.2) is 4.39 Å². The highest BCUT2D eigenvalue weighted by Crippen LogP contribution is 2.42. The van der Waals surface area contributed by atoms with Crippen molar-refractivity contribution in [3.63, 3.8) is 0 Å². The smallest absolute Gasteiger partial charge is 0.269 e. The number of thioether (sulfide) groups is 1. The van der Waals surface area contributed by atoms with E-state index in [0.29, 0.717) is 17.8 Å². The number of nitriles is 1. The summed E-state index contributed by atoms with van der Waals surface area (Å²) < 4.78 is 14.2. The number of rotatable bonds is 5. The first-order valence-corrected chi connectivity index (χ1v) is 12.1. The molecular formula is C26H19BrFN3O2S. The van der Waals surface area contributed by atoms with Crippen molar-refractivity contribution in [1.82, 2.24) is 0 Å². The number of hydrogen-bond donors (Lipinski definition) is 1. The number of benzene rings is 3. The van der Waals surface area contributed by atoms with Crippen molar-refractivity contribution >= 4 is 50.9 Å². The monoisotopic (exact) mass is 535 g/mol. The van der Waals surface area contributed by atoms with Crippen LogP contribution >= 0.6 is 27.7 Å². The first-order valence-electron chi connectivity index (χ1n) is 10.4. The molecule has 1 fully saturated rings. The Balaban J connectivity index is 1.71. The lowest BCUT2D eigenvalue weighted by molar-refractivity contribution is -0.117. The van der Waals surface area contributed by atoms with Crippen molar-refractivity contribution in [2.45, 2.75) is 18.6 Å². The number of carbonyl (C=O) groups is 2. The van der Waals surface area contributed by atoms with E-state index in [-0.39, 0.29) is 22.3 Å². The van der Waals surface area contributed by atoms with Gasteiger partial charge in [-0.05, 0) is 67.4 Å². The molecule has 1 saturated heterocycles. The van der Waals surface area contributed by atoms with Crippen LogP contribution in [0.2, 0.25) is 0 Å². The summed E-state index contributed by atoms with van der Waals surface area (Å²) in [6, 6.07) is 22.2. The molecule has 0 aromatic heterocycles. The van der Waals surface area contributed by atoms with E-state index in [1.807, 2.05) is 25.1 Å². The fraction of sp³-hybridized carbons (Fsp3) is 0.115. The maximum absolute atomic E-state index is 13.5. The summed E-state index contributed by atoms with van der Waals surface area (Å²) in [6.45, 7) is 1.94. The van der Waals surface area contributed by atoms with Crippen molar-refractivity contribution in [3.8, 4) is 6.07 Å². The Morgan fingerprint density at radius 1 is 1.09 bits per heavy atom. The third-order valence-electron chi connectivity index (χ3n) is 5.23. The van der Waals surface area contributed by atoms with Crippen molar-refractivity contribution < 1.29 is 14.0 Å². The zero-order valence-electron chi connectivity index (χ0n) is 18.1. The number of carbonyl (C=O) groups excluding carboxylic acids is 2. The Labute approximate surface area is 209 Å². The van der Waals surface area contributed by atoms with Gasteiger partial charge in [-0.2, -0.15) is 5.26 Å². The van der Waals surface area contributed by atoms with Gasteiger partial charge in [-0.15, -0.1) is 0 Å². The van der Waals surface area contributed by atoms with Gasteiger partial charge >= 0.3 is 0 Å². The fourth-order valence-corrected chi connectivity index (χ4v) is 5.05. The zero-order valence-corrected chi connectivity index (χ0v) is 20.5. The van der Waals surface area contributed by atoms with E-state index in [1.165, 1.54) is 28.8 Å². The largest absolute Gasteiger partial charge is 0.321 e.